The Kier molecular flexibility index (Phi) is 3.82. The van der Waals surface area contributed by atoms with E-state index in [0.29, 0.717) is 12.0 Å². The SMILES string of the molecule is CCCC1CC1Nc1nc(NCC)ncc1C. The van der Waals surface area contributed by atoms with Gasteiger partial charge in [0, 0.05) is 24.3 Å². The lowest BCUT2D eigenvalue weighted by atomic mass is 10.2. The van der Waals surface area contributed by atoms with Crippen molar-refractivity contribution in [2.45, 2.75) is 46.1 Å². The Morgan fingerprint density at radius 1 is 1.41 bits per heavy atom. The van der Waals surface area contributed by atoms with Gasteiger partial charge in [0.15, 0.2) is 0 Å². The lowest BCUT2D eigenvalue weighted by Gasteiger charge is -2.10. The van der Waals surface area contributed by atoms with Gasteiger partial charge in [0.05, 0.1) is 0 Å². The molecule has 2 unspecified atom stereocenters. The molecular formula is C13H22N4. The third kappa shape index (κ3) is 3.08. The first-order valence-corrected chi connectivity index (χ1v) is 6.58. The zero-order chi connectivity index (χ0) is 12.3. The van der Waals surface area contributed by atoms with Gasteiger partial charge in [0.1, 0.15) is 5.82 Å². The van der Waals surface area contributed by atoms with Crippen molar-refractivity contribution in [1.82, 2.24) is 9.97 Å². The van der Waals surface area contributed by atoms with Crippen LogP contribution in [0.25, 0.3) is 0 Å². The average molecular weight is 234 g/mol. The number of aryl methyl sites for hydroxylation is 1. The molecule has 4 heteroatoms. The highest BCUT2D eigenvalue weighted by atomic mass is 15.2. The van der Waals surface area contributed by atoms with Gasteiger partial charge in [-0.15, -0.1) is 0 Å². The molecule has 1 aliphatic rings. The number of nitrogens with one attached hydrogen (secondary N) is 2. The van der Waals surface area contributed by atoms with Gasteiger partial charge in [-0.3, -0.25) is 0 Å². The normalized spacial score (nSPS) is 22.3. The Labute approximate surface area is 103 Å². The molecule has 0 bridgehead atoms. The van der Waals surface area contributed by atoms with Crippen molar-refractivity contribution in [2.24, 2.45) is 5.92 Å². The minimum absolute atomic E-state index is 0.623. The molecule has 17 heavy (non-hydrogen) atoms. The van der Waals surface area contributed by atoms with Crippen molar-refractivity contribution in [3.8, 4) is 0 Å². The van der Waals surface area contributed by atoms with E-state index in [1.807, 2.05) is 6.20 Å². The Morgan fingerprint density at radius 3 is 2.94 bits per heavy atom. The molecule has 0 aliphatic heterocycles. The van der Waals surface area contributed by atoms with Gasteiger partial charge in [0.25, 0.3) is 0 Å². The minimum Gasteiger partial charge on any atom is -0.367 e. The van der Waals surface area contributed by atoms with E-state index in [0.717, 1.165) is 23.8 Å². The molecule has 0 aromatic carbocycles. The first-order valence-electron chi connectivity index (χ1n) is 6.58. The zero-order valence-corrected chi connectivity index (χ0v) is 11.0. The third-order valence-electron chi connectivity index (χ3n) is 3.21. The largest absolute Gasteiger partial charge is 0.367 e. The van der Waals surface area contributed by atoms with Crippen LogP contribution in [-0.2, 0) is 0 Å². The first kappa shape index (κ1) is 12.1. The van der Waals surface area contributed by atoms with Gasteiger partial charge in [-0.25, -0.2) is 4.98 Å². The van der Waals surface area contributed by atoms with E-state index < -0.39 is 0 Å². The summed E-state index contributed by atoms with van der Waals surface area (Å²) in [6.07, 6.45) is 5.76. The molecule has 1 aromatic rings. The fourth-order valence-electron chi connectivity index (χ4n) is 2.12. The summed E-state index contributed by atoms with van der Waals surface area (Å²) in [5, 5.41) is 6.67. The van der Waals surface area contributed by atoms with E-state index in [2.05, 4.69) is 41.4 Å². The summed E-state index contributed by atoms with van der Waals surface area (Å²) in [7, 11) is 0. The van der Waals surface area contributed by atoms with Gasteiger partial charge >= 0.3 is 0 Å². The number of anilines is 2. The zero-order valence-electron chi connectivity index (χ0n) is 11.0. The van der Waals surface area contributed by atoms with Crippen molar-refractivity contribution in [2.75, 3.05) is 17.2 Å². The average Bonchev–Trinajstić information content (AvgIpc) is 3.02. The van der Waals surface area contributed by atoms with E-state index in [1.54, 1.807) is 0 Å². The molecule has 2 rings (SSSR count). The number of hydrogen-bond acceptors (Lipinski definition) is 4. The second kappa shape index (κ2) is 5.34. The highest BCUT2D eigenvalue weighted by Crippen LogP contribution is 2.37. The third-order valence-corrected chi connectivity index (χ3v) is 3.21. The van der Waals surface area contributed by atoms with Gasteiger partial charge in [-0.2, -0.15) is 4.98 Å². The number of hydrogen-bond donors (Lipinski definition) is 2. The van der Waals surface area contributed by atoms with Gasteiger partial charge in [-0.05, 0) is 32.6 Å². The summed E-state index contributed by atoms with van der Waals surface area (Å²) in [4.78, 5) is 8.75. The molecule has 0 saturated heterocycles. The van der Waals surface area contributed by atoms with E-state index in [4.69, 9.17) is 0 Å². The Bertz CT molecular complexity index is 378. The fourth-order valence-corrected chi connectivity index (χ4v) is 2.12. The maximum Gasteiger partial charge on any atom is 0.224 e. The predicted molar refractivity (Wildman–Crippen MR) is 71.4 cm³/mol. The molecule has 0 spiro atoms. The molecule has 0 radical (unpaired) electrons. The highest BCUT2D eigenvalue weighted by Gasteiger charge is 2.36. The lowest BCUT2D eigenvalue weighted by Crippen LogP contribution is -2.10. The van der Waals surface area contributed by atoms with Gasteiger partial charge < -0.3 is 10.6 Å². The van der Waals surface area contributed by atoms with Crippen LogP contribution < -0.4 is 10.6 Å². The topological polar surface area (TPSA) is 49.8 Å². The fraction of sp³-hybridized carbons (Fsp3) is 0.692. The smallest absolute Gasteiger partial charge is 0.224 e. The molecule has 94 valence electrons. The van der Waals surface area contributed by atoms with Crippen molar-refractivity contribution in [1.29, 1.82) is 0 Å². The summed E-state index contributed by atoms with van der Waals surface area (Å²) in [5.74, 6) is 2.55. The van der Waals surface area contributed by atoms with E-state index >= 15 is 0 Å². The molecule has 1 aromatic heterocycles. The molecule has 2 N–H and O–H groups in total. The Balaban J connectivity index is 1.98. The van der Waals surface area contributed by atoms with Gasteiger partial charge in [-0.1, -0.05) is 13.3 Å². The lowest BCUT2D eigenvalue weighted by molar-refractivity contribution is 0.692. The van der Waals surface area contributed by atoms with E-state index in [1.165, 1.54) is 19.3 Å². The molecule has 1 heterocycles. The van der Waals surface area contributed by atoms with Crippen LogP contribution in [0.4, 0.5) is 11.8 Å². The summed E-state index contributed by atoms with van der Waals surface area (Å²) in [6.45, 7) is 7.20. The maximum atomic E-state index is 4.50. The highest BCUT2D eigenvalue weighted by molar-refractivity contribution is 5.48. The summed E-state index contributed by atoms with van der Waals surface area (Å²) < 4.78 is 0. The summed E-state index contributed by atoms with van der Waals surface area (Å²) in [6, 6.07) is 0.623. The Hall–Kier alpha value is -1.32. The van der Waals surface area contributed by atoms with Crippen LogP contribution in [0.2, 0.25) is 0 Å². The molecule has 4 nitrogen and oxygen atoms in total. The van der Waals surface area contributed by atoms with Crippen molar-refractivity contribution >= 4 is 11.8 Å². The molecular weight excluding hydrogens is 212 g/mol. The van der Waals surface area contributed by atoms with Crippen molar-refractivity contribution in [3.05, 3.63) is 11.8 Å². The van der Waals surface area contributed by atoms with Crippen LogP contribution in [-0.4, -0.2) is 22.6 Å². The minimum atomic E-state index is 0.623. The number of nitrogens with zero attached hydrogens (tertiary/aromatic N) is 2. The van der Waals surface area contributed by atoms with Crippen LogP contribution >= 0.6 is 0 Å². The maximum absolute atomic E-state index is 4.50. The van der Waals surface area contributed by atoms with Crippen molar-refractivity contribution in [3.63, 3.8) is 0 Å². The van der Waals surface area contributed by atoms with Crippen LogP contribution in [0.3, 0.4) is 0 Å². The molecule has 1 fully saturated rings. The second-order valence-electron chi connectivity index (χ2n) is 4.79. The second-order valence-corrected chi connectivity index (χ2v) is 4.79. The van der Waals surface area contributed by atoms with Crippen LogP contribution in [0, 0.1) is 12.8 Å². The van der Waals surface area contributed by atoms with E-state index in [-0.39, 0.29) is 0 Å². The predicted octanol–water partition coefficient (Wildman–Crippen LogP) is 2.82. The number of rotatable bonds is 6. The standard InChI is InChI=1S/C13H22N4/c1-4-6-10-7-11(10)16-12-9(3)8-15-13(17-12)14-5-2/h8,10-11H,4-7H2,1-3H3,(H2,14,15,16,17). The summed E-state index contributed by atoms with van der Waals surface area (Å²) >= 11 is 0. The first-order chi connectivity index (χ1) is 8.24. The van der Waals surface area contributed by atoms with E-state index in [9.17, 15) is 0 Å². The molecule has 1 saturated carbocycles. The van der Waals surface area contributed by atoms with Crippen molar-refractivity contribution < 1.29 is 0 Å². The summed E-state index contributed by atoms with van der Waals surface area (Å²) in [5.41, 5.74) is 1.12. The molecule has 1 aliphatic carbocycles. The van der Waals surface area contributed by atoms with Crippen LogP contribution in [0.15, 0.2) is 6.20 Å². The monoisotopic (exact) mass is 234 g/mol. The number of aromatic nitrogens is 2. The Morgan fingerprint density at radius 2 is 2.24 bits per heavy atom. The van der Waals surface area contributed by atoms with Crippen LogP contribution in [0.1, 0.15) is 38.7 Å². The molecule has 2 atom stereocenters. The quantitative estimate of drug-likeness (QED) is 0.794. The van der Waals surface area contributed by atoms with Crippen LogP contribution in [0.5, 0.6) is 0 Å². The molecule has 0 amide bonds. The van der Waals surface area contributed by atoms with Gasteiger partial charge in [0.2, 0.25) is 5.95 Å².